The van der Waals surface area contributed by atoms with Crippen LogP contribution in [0.1, 0.15) is 50.2 Å². The van der Waals surface area contributed by atoms with Crippen LogP contribution in [0.2, 0.25) is 0 Å². The molecule has 0 bridgehead atoms. The summed E-state index contributed by atoms with van der Waals surface area (Å²) in [5.74, 6) is 2.96. The van der Waals surface area contributed by atoms with Crippen LogP contribution >= 0.6 is 11.3 Å². The third-order valence-corrected chi connectivity index (χ3v) is 4.17. The highest BCUT2D eigenvalue weighted by Crippen LogP contribution is 2.30. The monoisotopic (exact) mass is 292 g/mol. The molecule has 20 heavy (non-hydrogen) atoms. The molecule has 2 rings (SSSR count). The second-order valence-corrected chi connectivity index (χ2v) is 6.85. The van der Waals surface area contributed by atoms with Crippen LogP contribution in [0.3, 0.4) is 0 Å². The van der Waals surface area contributed by atoms with Gasteiger partial charge in [0, 0.05) is 24.4 Å². The van der Waals surface area contributed by atoms with E-state index in [-0.39, 0.29) is 6.09 Å². The molecule has 1 aromatic heterocycles. The molecule has 1 aromatic rings. The van der Waals surface area contributed by atoms with Gasteiger partial charge in [-0.05, 0) is 39.5 Å². The van der Waals surface area contributed by atoms with Crippen molar-refractivity contribution in [2.75, 3.05) is 13.1 Å². The summed E-state index contributed by atoms with van der Waals surface area (Å²) in [7, 11) is 0. The average Bonchev–Trinajstić information content (AvgIpc) is 2.85. The Morgan fingerprint density at radius 2 is 2.15 bits per heavy atom. The van der Waals surface area contributed by atoms with Gasteiger partial charge in [-0.15, -0.1) is 17.8 Å². The van der Waals surface area contributed by atoms with Crippen LogP contribution in [-0.4, -0.2) is 34.7 Å². The third kappa shape index (κ3) is 3.73. The van der Waals surface area contributed by atoms with Gasteiger partial charge in [0.25, 0.3) is 0 Å². The zero-order valence-electron chi connectivity index (χ0n) is 12.2. The van der Waals surface area contributed by atoms with Crippen LogP contribution in [-0.2, 0) is 4.74 Å². The molecule has 2 heterocycles. The van der Waals surface area contributed by atoms with E-state index < -0.39 is 5.60 Å². The standard InChI is InChI=1S/C15H20N2O2S/c1-5-12-10-20-13(16-12)11-6-8-17(9-7-11)14(18)19-15(2,3)4/h1,10-11H,6-9H2,2-4H3. The Bertz CT molecular complexity index is 517. The molecule has 4 nitrogen and oxygen atoms in total. The van der Waals surface area contributed by atoms with E-state index in [1.54, 1.807) is 16.2 Å². The molecular weight excluding hydrogens is 272 g/mol. The van der Waals surface area contributed by atoms with Gasteiger partial charge < -0.3 is 9.64 Å². The van der Waals surface area contributed by atoms with Crippen molar-refractivity contribution < 1.29 is 9.53 Å². The second-order valence-electron chi connectivity index (χ2n) is 5.96. The lowest BCUT2D eigenvalue weighted by Gasteiger charge is -2.32. The summed E-state index contributed by atoms with van der Waals surface area (Å²) in [5, 5.41) is 3.00. The van der Waals surface area contributed by atoms with E-state index >= 15 is 0 Å². The smallest absolute Gasteiger partial charge is 0.410 e. The highest BCUT2D eigenvalue weighted by atomic mass is 32.1. The summed E-state index contributed by atoms with van der Waals surface area (Å²) in [6, 6.07) is 0. The van der Waals surface area contributed by atoms with Crippen molar-refractivity contribution in [3.8, 4) is 12.3 Å². The van der Waals surface area contributed by atoms with E-state index in [4.69, 9.17) is 11.2 Å². The van der Waals surface area contributed by atoms with E-state index in [1.165, 1.54) is 0 Å². The quantitative estimate of drug-likeness (QED) is 0.746. The van der Waals surface area contributed by atoms with Crippen LogP contribution in [0, 0.1) is 12.3 Å². The molecule has 0 spiro atoms. The Balaban J connectivity index is 1.89. The van der Waals surface area contributed by atoms with Gasteiger partial charge in [-0.3, -0.25) is 0 Å². The van der Waals surface area contributed by atoms with Crippen LogP contribution < -0.4 is 0 Å². The molecule has 0 saturated carbocycles. The number of carbonyl (C=O) groups excluding carboxylic acids is 1. The Morgan fingerprint density at radius 1 is 1.50 bits per heavy atom. The molecule has 0 atom stereocenters. The number of piperidine rings is 1. The highest BCUT2D eigenvalue weighted by Gasteiger charge is 2.28. The normalized spacial score (nSPS) is 16.8. The molecule has 0 unspecified atom stereocenters. The molecule has 1 aliphatic heterocycles. The van der Waals surface area contributed by atoms with Gasteiger partial charge in [0.15, 0.2) is 0 Å². The molecular formula is C15H20N2O2S. The average molecular weight is 292 g/mol. The van der Waals surface area contributed by atoms with E-state index in [1.807, 2.05) is 26.2 Å². The number of terminal acetylenes is 1. The summed E-state index contributed by atoms with van der Waals surface area (Å²) < 4.78 is 5.39. The van der Waals surface area contributed by atoms with Gasteiger partial charge in [0.05, 0.1) is 5.01 Å². The minimum atomic E-state index is -0.440. The van der Waals surface area contributed by atoms with E-state index in [9.17, 15) is 4.79 Å². The van der Waals surface area contributed by atoms with Crippen molar-refractivity contribution in [3.63, 3.8) is 0 Å². The number of rotatable bonds is 1. The second kappa shape index (κ2) is 5.84. The van der Waals surface area contributed by atoms with Crippen LogP contribution in [0.15, 0.2) is 5.38 Å². The van der Waals surface area contributed by atoms with E-state index in [0.717, 1.165) is 17.8 Å². The third-order valence-electron chi connectivity index (χ3n) is 3.17. The first-order valence-electron chi connectivity index (χ1n) is 6.79. The summed E-state index contributed by atoms with van der Waals surface area (Å²) in [6.07, 6.45) is 6.94. The Labute approximate surface area is 124 Å². The number of hydrogen-bond donors (Lipinski definition) is 0. The van der Waals surface area contributed by atoms with Crippen molar-refractivity contribution in [1.82, 2.24) is 9.88 Å². The topological polar surface area (TPSA) is 42.4 Å². The Kier molecular flexibility index (Phi) is 4.34. The Morgan fingerprint density at radius 3 is 2.65 bits per heavy atom. The van der Waals surface area contributed by atoms with Crippen LogP contribution in [0.4, 0.5) is 4.79 Å². The fourth-order valence-corrected chi connectivity index (χ4v) is 3.11. The number of ether oxygens (including phenoxy) is 1. The number of thiazole rings is 1. The molecule has 0 N–H and O–H groups in total. The van der Waals surface area contributed by atoms with Crippen LogP contribution in [0.25, 0.3) is 0 Å². The molecule has 0 radical (unpaired) electrons. The molecule has 1 saturated heterocycles. The predicted octanol–water partition coefficient (Wildman–Crippen LogP) is 3.24. The maximum atomic E-state index is 12.0. The largest absolute Gasteiger partial charge is 0.444 e. The molecule has 5 heteroatoms. The number of hydrogen-bond acceptors (Lipinski definition) is 4. The maximum Gasteiger partial charge on any atom is 0.410 e. The lowest BCUT2D eigenvalue weighted by atomic mass is 9.98. The first-order valence-corrected chi connectivity index (χ1v) is 7.67. The van der Waals surface area contributed by atoms with Gasteiger partial charge in [-0.1, -0.05) is 0 Å². The number of likely N-dealkylation sites (tertiary alicyclic amines) is 1. The predicted molar refractivity (Wildman–Crippen MR) is 79.8 cm³/mol. The van der Waals surface area contributed by atoms with Crippen molar-refractivity contribution in [2.45, 2.75) is 45.1 Å². The SMILES string of the molecule is C#Cc1csc(C2CCN(C(=O)OC(C)(C)C)CC2)n1. The first-order chi connectivity index (χ1) is 9.39. The van der Waals surface area contributed by atoms with E-state index in [0.29, 0.717) is 24.7 Å². The summed E-state index contributed by atoms with van der Waals surface area (Å²) >= 11 is 1.61. The van der Waals surface area contributed by atoms with Crippen LogP contribution in [0.5, 0.6) is 0 Å². The molecule has 1 aliphatic rings. The minimum Gasteiger partial charge on any atom is -0.444 e. The molecule has 1 amide bonds. The summed E-state index contributed by atoms with van der Waals surface area (Å²) in [5.41, 5.74) is 0.268. The Hall–Kier alpha value is -1.54. The van der Waals surface area contributed by atoms with Gasteiger partial charge in [-0.2, -0.15) is 0 Å². The molecule has 108 valence electrons. The van der Waals surface area contributed by atoms with Gasteiger partial charge in [0.1, 0.15) is 11.3 Å². The lowest BCUT2D eigenvalue weighted by molar-refractivity contribution is 0.0205. The minimum absolute atomic E-state index is 0.223. The molecule has 0 aliphatic carbocycles. The van der Waals surface area contributed by atoms with Crippen molar-refractivity contribution >= 4 is 17.4 Å². The highest BCUT2D eigenvalue weighted by molar-refractivity contribution is 7.09. The number of aromatic nitrogens is 1. The summed E-state index contributed by atoms with van der Waals surface area (Å²) in [4.78, 5) is 18.2. The maximum absolute atomic E-state index is 12.0. The fourth-order valence-electron chi connectivity index (χ4n) is 2.18. The first kappa shape index (κ1) is 14.9. The number of nitrogens with zero attached hydrogens (tertiary/aromatic N) is 2. The molecule has 0 aromatic carbocycles. The zero-order chi connectivity index (χ0) is 14.8. The van der Waals surface area contributed by atoms with Crippen molar-refractivity contribution in [2.24, 2.45) is 0 Å². The van der Waals surface area contributed by atoms with E-state index in [2.05, 4.69) is 10.9 Å². The molecule has 1 fully saturated rings. The van der Waals surface area contributed by atoms with Gasteiger partial charge >= 0.3 is 6.09 Å². The fraction of sp³-hybridized carbons (Fsp3) is 0.600. The van der Waals surface area contributed by atoms with Gasteiger partial charge in [0.2, 0.25) is 0 Å². The van der Waals surface area contributed by atoms with Gasteiger partial charge in [-0.25, -0.2) is 9.78 Å². The zero-order valence-corrected chi connectivity index (χ0v) is 13.0. The lowest BCUT2D eigenvalue weighted by Crippen LogP contribution is -2.41. The summed E-state index contributed by atoms with van der Waals surface area (Å²) in [6.45, 7) is 7.08. The van der Waals surface area contributed by atoms with Crippen molar-refractivity contribution in [3.05, 3.63) is 16.1 Å². The number of amides is 1. The number of carbonyl (C=O) groups is 1. The van der Waals surface area contributed by atoms with Crippen molar-refractivity contribution in [1.29, 1.82) is 0 Å².